The number of carbonyl (C=O) groups is 2. The summed E-state index contributed by atoms with van der Waals surface area (Å²) >= 11 is 1.36. The summed E-state index contributed by atoms with van der Waals surface area (Å²) in [4.78, 5) is 24.2. The van der Waals surface area contributed by atoms with Crippen LogP contribution in [0.3, 0.4) is 0 Å². The maximum atomic E-state index is 12.2. The molecule has 0 saturated carbocycles. The zero-order valence-corrected chi connectivity index (χ0v) is 11.0. The van der Waals surface area contributed by atoms with Crippen LogP contribution in [0.1, 0.15) is 39.1 Å². The summed E-state index contributed by atoms with van der Waals surface area (Å²) in [5, 5.41) is 2.39. The van der Waals surface area contributed by atoms with Crippen LogP contribution < -0.4 is 4.74 Å². The molecule has 1 aromatic heterocycles. The highest BCUT2D eigenvalue weighted by Crippen LogP contribution is 2.26. The highest BCUT2D eigenvalue weighted by Gasteiger charge is 2.24. The lowest BCUT2D eigenvalue weighted by Crippen LogP contribution is -2.19. The highest BCUT2D eigenvalue weighted by atomic mass is 32.1. The van der Waals surface area contributed by atoms with Crippen LogP contribution in [-0.2, 0) is 6.42 Å². The molecule has 0 aliphatic heterocycles. The lowest BCUT2D eigenvalue weighted by Gasteiger charge is -2.17. The largest absolute Gasteiger partial charge is 0.412 e. The molecule has 0 N–H and O–H groups in total. The van der Waals surface area contributed by atoms with Gasteiger partial charge in [0.15, 0.2) is 10.8 Å². The van der Waals surface area contributed by atoms with Crippen molar-refractivity contribution in [2.45, 2.75) is 19.3 Å². The van der Waals surface area contributed by atoms with Crippen LogP contribution in [0.2, 0.25) is 0 Å². The summed E-state index contributed by atoms with van der Waals surface area (Å²) in [5.74, 6) is -0.408. The topological polar surface area (TPSA) is 43.4 Å². The molecule has 3 rings (SSSR count). The van der Waals surface area contributed by atoms with Crippen molar-refractivity contribution in [2.24, 2.45) is 0 Å². The van der Waals surface area contributed by atoms with E-state index in [-0.39, 0.29) is 5.78 Å². The third kappa shape index (κ3) is 2.31. The van der Waals surface area contributed by atoms with Crippen molar-refractivity contribution in [2.75, 3.05) is 0 Å². The van der Waals surface area contributed by atoms with Crippen LogP contribution in [-0.4, -0.2) is 11.8 Å². The number of ketones is 1. The Balaban J connectivity index is 1.96. The molecule has 19 heavy (non-hydrogen) atoms. The van der Waals surface area contributed by atoms with E-state index in [1.54, 1.807) is 12.1 Å². The van der Waals surface area contributed by atoms with Crippen LogP contribution in [0.4, 0.5) is 0 Å². The van der Waals surface area contributed by atoms with Crippen molar-refractivity contribution in [1.82, 2.24) is 0 Å². The van der Waals surface area contributed by atoms with Gasteiger partial charge in [-0.2, -0.15) is 0 Å². The smallest absolute Gasteiger partial charge is 0.345 e. The molecule has 4 heteroatoms. The van der Waals surface area contributed by atoms with E-state index < -0.39 is 5.97 Å². The molecule has 0 saturated heterocycles. The van der Waals surface area contributed by atoms with Crippen LogP contribution in [0.5, 0.6) is 5.06 Å². The molecule has 0 radical (unpaired) electrons. The monoisotopic (exact) mass is 272 g/mol. The van der Waals surface area contributed by atoms with Gasteiger partial charge in [0.1, 0.15) is 0 Å². The van der Waals surface area contributed by atoms with Crippen molar-refractivity contribution >= 4 is 23.1 Å². The number of hydrogen-bond acceptors (Lipinski definition) is 4. The van der Waals surface area contributed by atoms with E-state index in [4.69, 9.17) is 4.74 Å². The summed E-state index contributed by atoms with van der Waals surface area (Å²) < 4.78 is 5.28. The van der Waals surface area contributed by atoms with Crippen LogP contribution >= 0.6 is 11.3 Å². The first-order chi connectivity index (χ1) is 9.25. The van der Waals surface area contributed by atoms with Gasteiger partial charge in [-0.05, 0) is 42.0 Å². The van der Waals surface area contributed by atoms with Gasteiger partial charge in [-0.25, -0.2) is 4.79 Å². The fourth-order valence-corrected chi connectivity index (χ4v) is 2.91. The Morgan fingerprint density at radius 2 is 2.05 bits per heavy atom. The minimum Gasteiger partial charge on any atom is -0.412 e. The normalized spacial score (nSPS) is 14.0. The molecule has 1 aliphatic rings. The van der Waals surface area contributed by atoms with Gasteiger partial charge in [0.25, 0.3) is 0 Å². The van der Waals surface area contributed by atoms with Gasteiger partial charge < -0.3 is 4.74 Å². The molecule has 3 nitrogen and oxygen atoms in total. The van der Waals surface area contributed by atoms with E-state index >= 15 is 0 Å². The number of fused-ring (bicyclic) bond motifs is 1. The maximum absolute atomic E-state index is 12.2. The van der Waals surface area contributed by atoms with Gasteiger partial charge in [-0.3, -0.25) is 4.79 Å². The van der Waals surface area contributed by atoms with E-state index in [0.29, 0.717) is 22.6 Å². The van der Waals surface area contributed by atoms with E-state index in [1.165, 1.54) is 11.3 Å². The first-order valence-corrected chi connectivity index (χ1v) is 7.04. The first kappa shape index (κ1) is 12.1. The van der Waals surface area contributed by atoms with E-state index in [0.717, 1.165) is 18.4 Å². The number of ether oxygens (including phenoxy) is 1. The predicted octanol–water partition coefficient (Wildman–Crippen LogP) is 3.49. The fraction of sp³-hybridized carbons (Fsp3) is 0.200. The number of hydrogen-bond donors (Lipinski definition) is 0. The minimum atomic E-state index is -0.449. The second-order valence-electron chi connectivity index (χ2n) is 4.44. The maximum Gasteiger partial charge on any atom is 0.345 e. The summed E-state index contributed by atoms with van der Waals surface area (Å²) in [7, 11) is 0. The molecule has 0 amide bonds. The minimum absolute atomic E-state index is 0.0416. The fourth-order valence-electron chi connectivity index (χ4n) is 2.34. The van der Waals surface area contributed by atoms with E-state index in [1.807, 2.05) is 23.6 Å². The Bertz CT molecular complexity index is 629. The molecule has 0 fully saturated rings. The van der Waals surface area contributed by atoms with E-state index in [9.17, 15) is 9.59 Å². The molecule has 2 aromatic rings. The number of aryl methyl sites for hydroxylation is 1. The van der Waals surface area contributed by atoms with Crippen LogP contribution in [0.15, 0.2) is 35.7 Å². The molecule has 1 heterocycles. The number of esters is 1. The van der Waals surface area contributed by atoms with Crippen molar-refractivity contribution in [1.29, 1.82) is 0 Å². The first-order valence-electron chi connectivity index (χ1n) is 6.16. The third-order valence-corrected chi connectivity index (χ3v) is 3.93. The van der Waals surface area contributed by atoms with Gasteiger partial charge >= 0.3 is 5.97 Å². The molecule has 0 bridgehead atoms. The van der Waals surface area contributed by atoms with Crippen molar-refractivity contribution < 1.29 is 14.3 Å². The summed E-state index contributed by atoms with van der Waals surface area (Å²) in [5.41, 5.74) is 1.89. The standard InChI is InChI=1S/C15H12O3S/c16-12-7-2-5-10-4-1-6-11(14(10)12)15(17)18-13-8-3-9-19-13/h1,3-4,6,8-9H,2,5,7H2. The Labute approximate surface area is 114 Å². The molecular formula is C15H12O3S. The number of Topliss-reactive ketones (excluding diaryl/α,β-unsaturated/α-hetero) is 1. The van der Waals surface area contributed by atoms with Crippen molar-refractivity contribution in [3.8, 4) is 5.06 Å². The number of rotatable bonds is 2. The lowest BCUT2D eigenvalue weighted by molar-refractivity contribution is 0.0734. The molecule has 0 unspecified atom stereocenters. The Morgan fingerprint density at radius 1 is 1.16 bits per heavy atom. The van der Waals surface area contributed by atoms with Gasteiger partial charge in [-0.1, -0.05) is 12.1 Å². The Morgan fingerprint density at radius 3 is 2.84 bits per heavy atom. The zero-order valence-electron chi connectivity index (χ0n) is 10.2. The van der Waals surface area contributed by atoms with Crippen molar-refractivity contribution in [3.05, 3.63) is 52.4 Å². The summed E-state index contributed by atoms with van der Waals surface area (Å²) in [6.07, 6.45) is 2.22. The summed E-state index contributed by atoms with van der Waals surface area (Å²) in [6, 6.07) is 8.94. The average molecular weight is 272 g/mol. The molecular weight excluding hydrogens is 260 g/mol. The number of thiophene rings is 1. The average Bonchev–Trinajstić information content (AvgIpc) is 2.91. The van der Waals surface area contributed by atoms with Gasteiger partial charge in [0.2, 0.25) is 0 Å². The van der Waals surface area contributed by atoms with Crippen LogP contribution in [0, 0.1) is 0 Å². The van der Waals surface area contributed by atoms with Crippen molar-refractivity contribution in [3.63, 3.8) is 0 Å². The Kier molecular flexibility index (Phi) is 3.17. The number of benzene rings is 1. The quantitative estimate of drug-likeness (QED) is 0.786. The second-order valence-corrected chi connectivity index (χ2v) is 5.35. The SMILES string of the molecule is O=C(Oc1cccs1)c1cccc2c1C(=O)CCC2. The van der Waals surface area contributed by atoms with Gasteiger partial charge in [-0.15, -0.1) is 11.3 Å². The zero-order chi connectivity index (χ0) is 13.2. The Hall–Kier alpha value is -1.94. The molecule has 1 aromatic carbocycles. The molecule has 0 spiro atoms. The lowest BCUT2D eigenvalue weighted by atomic mass is 9.87. The van der Waals surface area contributed by atoms with Gasteiger partial charge in [0.05, 0.1) is 5.56 Å². The van der Waals surface area contributed by atoms with E-state index in [2.05, 4.69) is 0 Å². The third-order valence-electron chi connectivity index (χ3n) is 3.19. The van der Waals surface area contributed by atoms with Crippen LogP contribution in [0.25, 0.3) is 0 Å². The molecule has 96 valence electrons. The summed E-state index contributed by atoms with van der Waals surface area (Å²) in [6.45, 7) is 0. The predicted molar refractivity (Wildman–Crippen MR) is 73.0 cm³/mol. The van der Waals surface area contributed by atoms with Gasteiger partial charge in [0, 0.05) is 12.0 Å². The highest BCUT2D eigenvalue weighted by molar-refractivity contribution is 7.11. The molecule has 0 atom stereocenters. The second kappa shape index (κ2) is 4.97. The molecule has 1 aliphatic carbocycles. The number of carbonyl (C=O) groups excluding carboxylic acids is 2.